The third kappa shape index (κ3) is 5.36. The number of anilines is 2. The topological polar surface area (TPSA) is 89.3 Å². The molecule has 15 heteroatoms. The Balaban J connectivity index is 1.87. The first-order chi connectivity index (χ1) is 17.7. The summed E-state index contributed by atoms with van der Waals surface area (Å²) in [7, 11) is 2.70. The van der Waals surface area contributed by atoms with E-state index in [-0.39, 0.29) is 24.0 Å². The molecule has 3 aromatic rings. The van der Waals surface area contributed by atoms with E-state index in [1.807, 2.05) is 0 Å². The zero-order valence-electron chi connectivity index (χ0n) is 20.7. The van der Waals surface area contributed by atoms with E-state index >= 15 is 0 Å². The molecule has 0 saturated carbocycles. The summed E-state index contributed by atoms with van der Waals surface area (Å²) in [6.07, 6.45) is -10.4. The van der Waals surface area contributed by atoms with Crippen LogP contribution in [0.1, 0.15) is 47.5 Å². The van der Waals surface area contributed by atoms with Crippen LogP contribution in [0.4, 0.5) is 42.8 Å². The van der Waals surface area contributed by atoms with E-state index in [0.717, 1.165) is 4.80 Å². The average Bonchev–Trinajstić information content (AvgIpc) is 3.26. The molecule has 1 aliphatic rings. The van der Waals surface area contributed by atoms with Crippen molar-refractivity contribution in [2.45, 2.75) is 51.2 Å². The van der Waals surface area contributed by atoms with Gasteiger partial charge in [0.15, 0.2) is 0 Å². The predicted molar refractivity (Wildman–Crippen MR) is 122 cm³/mol. The Bertz CT molecular complexity index is 1310. The van der Waals surface area contributed by atoms with E-state index in [1.165, 1.54) is 24.0 Å². The maximum atomic E-state index is 13.5. The average molecular weight is 543 g/mol. The molecule has 0 bridgehead atoms. The van der Waals surface area contributed by atoms with Gasteiger partial charge in [-0.2, -0.15) is 31.1 Å². The highest BCUT2D eigenvalue weighted by Gasteiger charge is 2.41. The molecule has 0 spiro atoms. The highest BCUT2D eigenvalue weighted by atomic mass is 19.4. The summed E-state index contributed by atoms with van der Waals surface area (Å²) in [5.41, 5.74) is -1.80. The minimum atomic E-state index is -5.00. The normalized spacial score (nSPS) is 17.8. The molecule has 0 aliphatic carbocycles. The van der Waals surface area contributed by atoms with Crippen molar-refractivity contribution in [1.82, 2.24) is 25.2 Å². The fraction of sp³-hybridized carbons (Fsp3) is 0.435. The van der Waals surface area contributed by atoms with Gasteiger partial charge in [0.25, 0.3) is 5.95 Å². The molecule has 3 heterocycles. The Hall–Kier alpha value is -3.91. The lowest BCUT2D eigenvalue weighted by Crippen LogP contribution is -2.47. The minimum absolute atomic E-state index is 0.0311. The zero-order chi connectivity index (χ0) is 28.0. The van der Waals surface area contributed by atoms with Crippen LogP contribution in [-0.2, 0) is 30.7 Å². The van der Waals surface area contributed by atoms with E-state index in [4.69, 9.17) is 4.74 Å². The van der Waals surface area contributed by atoms with Crippen molar-refractivity contribution in [3.63, 3.8) is 0 Å². The first kappa shape index (κ1) is 27.1. The summed E-state index contributed by atoms with van der Waals surface area (Å²) in [5, 5.41) is 11.9. The summed E-state index contributed by atoms with van der Waals surface area (Å²) < 4.78 is 86.0. The molecule has 2 aromatic heterocycles. The fourth-order valence-corrected chi connectivity index (χ4v) is 4.46. The van der Waals surface area contributed by atoms with Crippen LogP contribution in [0.25, 0.3) is 0 Å². The van der Waals surface area contributed by atoms with Crippen molar-refractivity contribution >= 4 is 17.7 Å². The Morgan fingerprint density at radius 1 is 1.11 bits per heavy atom. The largest absolute Gasteiger partial charge is 0.452 e. The number of hydrogen-bond acceptors (Lipinski definition) is 7. The van der Waals surface area contributed by atoms with Gasteiger partial charge in [0, 0.05) is 18.3 Å². The number of pyridine rings is 1. The first-order valence-electron chi connectivity index (χ1n) is 11.3. The SMILES string of the molecule is COC(=O)N1c2ccc(C)nc2[C@H](N(Cc2cc(C(F)(F)F)cc(C(F)(F)F)c2)c2nnn(C)n2)C[C@@H]1C. The second kappa shape index (κ2) is 9.76. The van der Waals surface area contributed by atoms with Crippen molar-refractivity contribution in [1.29, 1.82) is 0 Å². The number of methoxy groups -OCH3 is 1. The number of ether oxygens (including phenoxy) is 1. The van der Waals surface area contributed by atoms with Gasteiger partial charge in [0.05, 0.1) is 42.7 Å². The summed E-state index contributed by atoms with van der Waals surface area (Å²) in [6, 6.07) is 3.53. The Labute approximate surface area is 213 Å². The smallest absolute Gasteiger partial charge is 0.416 e. The second-order valence-electron chi connectivity index (χ2n) is 8.92. The zero-order valence-corrected chi connectivity index (χ0v) is 20.7. The molecule has 0 unspecified atom stereocenters. The van der Waals surface area contributed by atoms with E-state index in [0.29, 0.717) is 29.2 Å². The van der Waals surface area contributed by atoms with E-state index in [1.54, 1.807) is 26.0 Å². The van der Waals surface area contributed by atoms with Crippen LogP contribution in [-0.4, -0.2) is 44.4 Å². The number of aryl methyl sites for hydroxylation is 2. The number of halogens is 6. The lowest BCUT2D eigenvalue weighted by Gasteiger charge is -2.41. The molecular formula is C23H23F6N7O2. The number of alkyl halides is 6. The van der Waals surface area contributed by atoms with Crippen LogP contribution in [0, 0.1) is 6.92 Å². The van der Waals surface area contributed by atoms with Gasteiger partial charge in [0.2, 0.25) is 0 Å². The van der Waals surface area contributed by atoms with Gasteiger partial charge in [-0.25, -0.2) is 4.79 Å². The van der Waals surface area contributed by atoms with Crippen LogP contribution in [0.2, 0.25) is 0 Å². The first-order valence-corrected chi connectivity index (χ1v) is 11.3. The summed E-state index contributed by atoms with van der Waals surface area (Å²) in [6.45, 7) is 3.02. The maximum Gasteiger partial charge on any atom is 0.416 e. The molecular weight excluding hydrogens is 520 g/mol. The number of rotatable bonds is 4. The van der Waals surface area contributed by atoms with Gasteiger partial charge in [-0.05, 0) is 61.4 Å². The van der Waals surface area contributed by atoms with Gasteiger partial charge >= 0.3 is 18.4 Å². The second-order valence-corrected chi connectivity index (χ2v) is 8.92. The Kier molecular flexibility index (Phi) is 6.97. The fourth-order valence-electron chi connectivity index (χ4n) is 4.46. The lowest BCUT2D eigenvalue weighted by molar-refractivity contribution is -0.143. The minimum Gasteiger partial charge on any atom is -0.452 e. The number of tetrazole rings is 1. The highest BCUT2D eigenvalue weighted by Crippen LogP contribution is 2.42. The number of carbonyl (C=O) groups is 1. The van der Waals surface area contributed by atoms with Gasteiger partial charge in [-0.15, -0.1) is 5.10 Å². The van der Waals surface area contributed by atoms with Gasteiger partial charge < -0.3 is 9.64 Å². The molecule has 0 N–H and O–H groups in total. The number of benzene rings is 1. The van der Waals surface area contributed by atoms with Crippen molar-refractivity contribution in [2.24, 2.45) is 7.05 Å². The molecule has 204 valence electrons. The van der Waals surface area contributed by atoms with Gasteiger partial charge in [-0.1, -0.05) is 5.10 Å². The van der Waals surface area contributed by atoms with Gasteiger partial charge in [-0.3, -0.25) is 9.88 Å². The molecule has 9 nitrogen and oxygen atoms in total. The molecule has 4 rings (SSSR count). The summed E-state index contributed by atoms with van der Waals surface area (Å²) in [5.74, 6) is -0.0311. The van der Waals surface area contributed by atoms with Crippen LogP contribution in [0.5, 0.6) is 0 Å². The number of hydrogen-bond donors (Lipinski definition) is 0. The molecule has 1 aromatic carbocycles. The quantitative estimate of drug-likeness (QED) is 0.425. The predicted octanol–water partition coefficient (Wildman–Crippen LogP) is 5.06. The molecule has 38 heavy (non-hydrogen) atoms. The monoisotopic (exact) mass is 543 g/mol. The lowest BCUT2D eigenvalue weighted by atomic mass is 9.94. The number of amides is 1. The number of nitrogens with zero attached hydrogens (tertiary/aromatic N) is 7. The maximum absolute atomic E-state index is 13.5. The third-order valence-corrected chi connectivity index (χ3v) is 6.12. The summed E-state index contributed by atoms with van der Waals surface area (Å²) in [4.78, 5) is 21.1. The summed E-state index contributed by atoms with van der Waals surface area (Å²) >= 11 is 0. The van der Waals surface area contributed by atoms with Crippen LogP contribution in [0.15, 0.2) is 30.3 Å². The van der Waals surface area contributed by atoms with Crippen LogP contribution >= 0.6 is 0 Å². The van der Waals surface area contributed by atoms with Crippen molar-refractivity contribution in [3.8, 4) is 0 Å². The highest BCUT2D eigenvalue weighted by molar-refractivity contribution is 5.90. The molecule has 1 amide bonds. The molecule has 0 radical (unpaired) electrons. The molecule has 2 atom stereocenters. The third-order valence-electron chi connectivity index (χ3n) is 6.12. The standard InChI is InChI=1S/C23H23F6N7O2/c1-12-5-6-17-19(30-12)18(7-13(2)36(17)21(37)38-4)35(20-31-33-34(3)32-20)11-14-8-15(22(24,25)26)10-16(9-14)23(27,28)29/h5-6,8-10,13,18H,7,11H2,1-4H3/t13-,18+/m0/s1. The molecule has 1 aliphatic heterocycles. The number of aromatic nitrogens is 5. The Morgan fingerprint density at radius 2 is 1.74 bits per heavy atom. The number of carbonyl (C=O) groups excluding carboxylic acids is 1. The van der Waals surface area contributed by atoms with Gasteiger partial charge in [0.1, 0.15) is 0 Å². The van der Waals surface area contributed by atoms with Crippen molar-refractivity contribution in [3.05, 3.63) is 58.4 Å². The van der Waals surface area contributed by atoms with Crippen LogP contribution < -0.4 is 9.80 Å². The molecule has 0 saturated heterocycles. The van der Waals surface area contributed by atoms with Crippen molar-refractivity contribution in [2.75, 3.05) is 16.9 Å². The van der Waals surface area contributed by atoms with E-state index in [9.17, 15) is 31.1 Å². The van der Waals surface area contributed by atoms with Crippen molar-refractivity contribution < 1.29 is 35.9 Å². The Morgan fingerprint density at radius 3 is 2.26 bits per heavy atom. The van der Waals surface area contributed by atoms with E-state index in [2.05, 4.69) is 20.4 Å². The van der Waals surface area contributed by atoms with E-state index < -0.39 is 48.2 Å². The number of fused-ring (bicyclic) bond motifs is 1. The van der Waals surface area contributed by atoms with Crippen LogP contribution in [0.3, 0.4) is 0 Å². The molecule has 0 fully saturated rings.